The normalized spacial score (nSPS) is 12.7. The molecule has 1 nitrogen and oxygen atoms in total. The van der Waals surface area contributed by atoms with Gasteiger partial charge in [-0.05, 0) is 30.7 Å². The molecule has 0 amide bonds. The predicted molar refractivity (Wildman–Crippen MR) is 71.5 cm³/mol. The number of unbranched alkanes of at least 4 members (excludes halogenated alkanes) is 3. The highest BCUT2D eigenvalue weighted by Gasteiger charge is 2.12. The molecule has 0 radical (unpaired) electrons. The fourth-order valence-corrected chi connectivity index (χ4v) is 2.14. The van der Waals surface area contributed by atoms with Gasteiger partial charge >= 0.3 is 0 Å². The molecular weight excluding hydrogens is 232 g/mol. The lowest BCUT2D eigenvalue weighted by molar-refractivity contribution is 0.470. The molecule has 0 aromatic heterocycles. The standard InChI is InChI=1S/C15H23F2N/c1-3-5-6-7-8-15(18-4-2)12-9-10-13(16)14(17)11-12/h9-11,15,18H,3-8H2,1-2H3. The SMILES string of the molecule is CCCCCCC(NCC)c1ccc(F)c(F)c1. The summed E-state index contributed by atoms with van der Waals surface area (Å²) in [7, 11) is 0. The molecule has 0 aliphatic heterocycles. The van der Waals surface area contributed by atoms with E-state index in [0.717, 1.165) is 24.9 Å². The van der Waals surface area contributed by atoms with E-state index >= 15 is 0 Å². The van der Waals surface area contributed by atoms with Crippen molar-refractivity contribution in [1.29, 1.82) is 0 Å². The molecule has 0 aliphatic carbocycles. The quantitative estimate of drug-likeness (QED) is 0.670. The average molecular weight is 255 g/mol. The lowest BCUT2D eigenvalue weighted by Gasteiger charge is -2.18. The number of halogens is 2. The summed E-state index contributed by atoms with van der Waals surface area (Å²) in [5, 5.41) is 3.33. The molecule has 0 heterocycles. The zero-order valence-electron chi connectivity index (χ0n) is 11.3. The summed E-state index contributed by atoms with van der Waals surface area (Å²) in [5.74, 6) is -1.54. The Bertz CT molecular complexity index is 352. The number of benzene rings is 1. The molecule has 1 unspecified atom stereocenters. The van der Waals surface area contributed by atoms with Gasteiger partial charge in [0.2, 0.25) is 0 Å². The van der Waals surface area contributed by atoms with Crippen LogP contribution in [0.2, 0.25) is 0 Å². The first-order chi connectivity index (χ1) is 8.69. The maximum absolute atomic E-state index is 13.2. The molecule has 1 aromatic carbocycles. The van der Waals surface area contributed by atoms with E-state index in [9.17, 15) is 8.78 Å². The maximum atomic E-state index is 13.2. The molecule has 1 aromatic rings. The van der Waals surface area contributed by atoms with Crippen LogP contribution in [0, 0.1) is 11.6 Å². The molecule has 0 saturated heterocycles. The van der Waals surface area contributed by atoms with E-state index in [2.05, 4.69) is 12.2 Å². The first kappa shape index (κ1) is 15.1. The smallest absolute Gasteiger partial charge is 0.159 e. The zero-order valence-corrected chi connectivity index (χ0v) is 11.3. The van der Waals surface area contributed by atoms with Crippen LogP contribution in [-0.4, -0.2) is 6.54 Å². The van der Waals surface area contributed by atoms with E-state index in [1.807, 2.05) is 6.92 Å². The maximum Gasteiger partial charge on any atom is 0.159 e. The van der Waals surface area contributed by atoms with Crippen LogP contribution < -0.4 is 5.32 Å². The highest BCUT2D eigenvalue weighted by atomic mass is 19.2. The number of hydrogen-bond donors (Lipinski definition) is 1. The van der Waals surface area contributed by atoms with Gasteiger partial charge in [-0.15, -0.1) is 0 Å². The Balaban J connectivity index is 2.61. The van der Waals surface area contributed by atoms with Gasteiger partial charge in [0, 0.05) is 6.04 Å². The van der Waals surface area contributed by atoms with Crippen molar-refractivity contribution >= 4 is 0 Å². The zero-order chi connectivity index (χ0) is 13.4. The molecule has 0 fully saturated rings. The van der Waals surface area contributed by atoms with Crippen LogP contribution >= 0.6 is 0 Å². The largest absolute Gasteiger partial charge is 0.310 e. The summed E-state index contributed by atoms with van der Waals surface area (Å²) < 4.78 is 26.1. The minimum absolute atomic E-state index is 0.127. The molecule has 1 N–H and O–H groups in total. The highest BCUT2D eigenvalue weighted by molar-refractivity contribution is 5.21. The Hall–Kier alpha value is -0.960. The van der Waals surface area contributed by atoms with Crippen molar-refractivity contribution in [2.24, 2.45) is 0 Å². The van der Waals surface area contributed by atoms with Crippen LogP contribution in [0.4, 0.5) is 8.78 Å². The molecule has 102 valence electrons. The molecule has 0 aliphatic rings. The Morgan fingerprint density at radius 1 is 1.06 bits per heavy atom. The van der Waals surface area contributed by atoms with Crippen molar-refractivity contribution in [2.75, 3.05) is 6.54 Å². The van der Waals surface area contributed by atoms with Gasteiger partial charge in [-0.25, -0.2) is 8.78 Å². The average Bonchev–Trinajstić information content (AvgIpc) is 2.37. The van der Waals surface area contributed by atoms with Crippen molar-refractivity contribution in [2.45, 2.75) is 52.0 Å². The van der Waals surface area contributed by atoms with Crippen molar-refractivity contribution in [3.63, 3.8) is 0 Å². The van der Waals surface area contributed by atoms with Gasteiger partial charge in [-0.3, -0.25) is 0 Å². The van der Waals surface area contributed by atoms with E-state index in [1.165, 1.54) is 31.4 Å². The summed E-state index contributed by atoms with van der Waals surface area (Å²) >= 11 is 0. The van der Waals surface area contributed by atoms with Gasteiger partial charge in [-0.1, -0.05) is 45.6 Å². The fourth-order valence-electron chi connectivity index (χ4n) is 2.14. The second-order valence-corrected chi connectivity index (χ2v) is 4.63. The molecule has 3 heteroatoms. The first-order valence-electron chi connectivity index (χ1n) is 6.87. The van der Waals surface area contributed by atoms with E-state index in [-0.39, 0.29) is 6.04 Å². The van der Waals surface area contributed by atoms with Crippen LogP contribution in [0.25, 0.3) is 0 Å². The van der Waals surface area contributed by atoms with Crippen molar-refractivity contribution in [3.8, 4) is 0 Å². The summed E-state index contributed by atoms with van der Waals surface area (Å²) in [6.45, 7) is 5.04. The fraction of sp³-hybridized carbons (Fsp3) is 0.600. The van der Waals surface area contributed by atoms with E-state index in [4.69, 9.17) is 0 Å². The van der Waals surface area contributed by atoms with Crippen LogP contribution in [-0.2, 0) is 0 Å². The predicted octanol–water partition coefficient (Wildman–Crippen LogP) is 4.59. The van der Waals surface area contributed by atoms with Gasteiger partial charge < -0.3 is 5.32 Å². The molecule has 0 saturated carbocycles. The summed E-state index contributed by atoms with van der Waals surface area (Å²) in [4.78, 5) is 0. The van der Waals surface area contributed by atoms with Gasteiger partial charge in [0.1, 0.15) is 0 Å². The third-order valence-electron chi connectivity index (χ3n) is 3.14. The molecule has 1 rings (SSSR count). The Morgan fingerprint density at radius 3 is 2.44 bits per heavy atom. The van der Waals surface area contributed by atoms with Crippen LogP contribution in [0.5, 0.6) is 0 Å². The van der Waals surface area contributed by atoms with Crippen LogP contribution in [0.3, 0.4) is 0 Å². The monoisotopic (exact) mass is 255 g/mol. The summed E-state index contributed by atoms with van der Waals surface area (Å²) in [5.41, 5.74) is 0.840. The highest BCUT2D eigenvalue weighted by Crippen LogP contribution is 2.22. The van der Waals surface area contributed by atoms with E-state index in [1.54, 1.807) is 6.07 Å². The molecule has 0 spiro atoms. The third-order valence-corrected chi connectivity index (χ3v) is 3.14. The van der Waals surface area contributed by atoms with Crippen molar-refractivity contribution in [1.82, 2.24) is 5.32 Å². The van der Waals surface area contributed by atoms with Gasteiger partial charge in [0.15, 0.2) is 11.6 Å². The minimum Gasteiger partial charge on any atom is -0.310 e. The number of rotatable bonds is 8. The van der Waals surface area contributed by atoms with Gasteiger partial charge in [0.25, 0.3) is 0 Å². The lowest BCUT2D eigenvalue weighted by atomic mass is 10.00. The van der Waals surface area contributed by atoms with E-state index < -0.39 is 11.6 Å². The Labute approximate surface area is 109 Å². The van der Waals surface area contributed by atoms with E-state index in [0.29, 0.717) is 0 Å². The minimum atomic E-state index is -0.778. The molecule has 18 heavy (non-hydrogen) atoms. The lowest BCUT2D eigenvalue weighted by Crippen LogP contribution is -2.21. The second kappa shape index (κ2) is 8.20. The van der Waals surface area contributed by atoms with Gasteiger partial charge in [-0.2, -0.15) is 0 Å². The molecule has 1 atom stereocenters. The number of nitrogens with one attached hydrogen (secondary N) is 1. The Kier molecular flexibility index (Phi) is 6.88. The van der Waals surface area contributed by atoms with Crippen LogP contribution in [0.15, 0.2) is 18.2 Å². The first-order valence-corrected chi connectivity index (χ1v) is 6.87. The topological polar surface area (TPSA) is 12.0 Å². The molecule has 0 bridgehead atoms. The third kappa shape index (κ3) is 4.73. The summed E-state index contributed by atoms with van der Waals surface area (Å²) in [6, 6.07) is 4.32. The van der Waals surface area contributed by atoms with Gasteiger partial charge in [0.05, 0.1) is 0 Å². The summed E-state index contributed by atoms with van der Waals surface area (Å²) in [6.07, 6.45) is 5.72. The van der Waals surface area contributed by atoms with Crippen molar-refractivity contribution < 1.29 is 8.78 Å². The molecular formula is C15H23F2N. The van der Waals surface area contributed by atoms with Crippen LogP contribution in [0.1, 0.15) is 57.6 Å². The Morgan fingerprint density at radius 2 is 1.83 bits per heavy atom. The second-order valence-electron chi connectivity index (χ2n) is 4.63. The van der Waals surface area contributed by atoms with Crippen molar-refractivity contribution in [3.05, 3.63) is 35.4 Å². The number of hydrogen-bond acceptors (Lipinski definition) is 1.